The molecular weight excluding hydrogens is 445 g/mol. The summed E-state index contributed by atoms with van der Waals surface area (Å²) in [7, 11) is 1.58. The summed E-state index contributed by atoms with van der Waals surface area (Å²) in [6.45, 7) is 0.431. The highest BCUT2D eigenvalue weighted by Crippen LogP contribution is 2.27. The number of ether oxygens (including phenoxy) is 2. The molecule has 6 nitrogen and oxygen atoms in total. The molecule has 0 radical (unpaired) electrons. The highest BCUT2D eigenvalue weighted by molar-refractivity contribution is 6.31. The molecule has 168 valence electrons. The van der Waals surface area contributed by atoms with Gasteiger partial charge in [0.25, 0.3) is 5.91 Å². The first-order chi connectivity index (χ1) is 16.0. The van der Waals surface area contributed by atoms with Gasteiger partial charge in [-0.15, -0.1) is 0 Å². The van der Waals surface area contributed by atoms with E-state index in [1.807, 2.05) is 30.3 Å². The van der Waals surface area contributed by atoms with E-state index in [9.17, 15) is 9.18 Å². The van der Waals surface area contributed by atoms with Gasteiger partial charge in [0.1, 0.15) is 12.4 Å². The number of carbonyl (C=O) groups excluding carboxylic acids is 1. The molecule has 0 saturated carbocycles. The predicted molar refractivity (Wildman–Crippen MR) is 124 cm³/mol. The zero-order valence-corrected chi connectivity index (χ0v) is 18.6. The van der Waals surface area contributed by atoms with Crippen molar-refractivity contribution in [1.29, 1.82) is 0 Å². The van der Waals surface area contributed by atoms with Crippen molar-refractivity contribution in [3.8, 4) is 11.5 Å². The number of amides is 1. The van der Waals surface area contributed by atoms with Gasteiger partial charge in [-0.2, -0.15) is 5.10 Å². The Hall–Kier alpha value is -3.84. The van der Waals surface area contributed by atoms with Crippen LogP contribution in [0.5, 0.6) is 11.5 Å². The summed E-state index contributed by atoms with van der Waals surface area (Å²) in [4.78, 5) is 12.7. The fourth-order valence-electron chi connectivity index (χ4n) is 3.26. The number of halogens is 2. The molecule has 8 heteroatoms. The van der Waals surface area contributed by atoms with Gasteiger partial charge in [0, 0.05) is 22.3 Å². The van der Waals surface area contributed by atoms with Crippen LogP contribution in [0.25, 0.3) is 0 Å². The molecule has 1 amide bonds. The van der Waals surface area contributed by atoms with Gasteiger partial charge < -0.3 is 14.8 Å². The van der Waals surface area contributed by atoms with E-state index in [1.54, 1.807) is 43.6 Å². The van der Waals surface area contributed by atoms with Gasteiger partial charge >= 0.3 is 0 Å². The number of para-hydroxylation sites is 2. The number of rotatable bonds is 8. The van der Waals surface area contributed by atoms with E-state index in [-0.39, 0.29) is 19.1 Å². The lowest BCUT2D eigenvalue weighted by molar-refractivity contribution is 0.102. The normalized spacial score (nSPS) is 10.6. The molecule has 1 heterocycles. The minimum Gasteiger partial charge on any atom is -0.493 e. The molecule has 3 aromatic carbocycles. The third kappa shape index (κ3) is 5.51. The summed E-state index contributed by atoms with van der Waals surface area (Å²) in [6, 6.07) is 19.0. The Bertz CT molecular complexity index is 1260. The van der Waals surface area contributed by atoms with Crippen LogP contribution in [-0.2, 0) is 13.2 Å². The average molecular weight is 466 g/mol. The molecule has 4 rings (SSSR count). The highest BCUT2D eigenvalue weighted by atomic mass is 35.5. The second-order valence-electron chi connectivity index (χ2n) is 7.22. The molecule has 0 fully saturated rings. The molecule has 1 N–H and O–H groups in total. The van der Waals surface area contributed by atoms with Crippen LogP contribution in [0.3, 0.4) is 0 Å². The first kappa shape index (κ1) is 22.4. The Kier molecular flexibility index (Phi) is 6.90. The predicted octanol–water partition coefficient (Wildman–Crippen LogP) is 5.56. The van der Waals surface area contributed by atoms with Crippen LogP contribution in [-0.4, -0.2) is 22.8 Å². The van der Waals surface area contributed by atoms with Crippen LogP contribution in [0.4, 0.5) is 10.1 Å². The Balaban J connectivity index is 1.40. The van der Waals surface area contributed by atoms with Crippen molar-refractivity contribution in [2.75, 3.05) is 12.4 Å². The second kappa shape index (κ2) is 10.2. The summed E-state index contributed by atoms with van der Waals surface area (Å²) in [6.07, 6.45) is 3.12. The first-order valence-corrected chi connectivity index (χ1v) is 10.5. The van der Waals surface area contributed by atoms with Gasteiger partial charge in [0.2, 0.25) is 0 Å². The molecule has 0 aliphatic carbocycles. The molecule has 0 aliphatic rings. The monoisotopic (exact) mass is 465 g/mol. The Morgan fingerprint density at radius 2 is 1.88 bits per heavy atom. The molecule has 0 spiro atoms. The van der Waals surface area contributed by atoms with E-state index in [0.29, 0.717) is 33.3 Å². The number of hydrogen-bond acceptors (Lipinski definition) is 4. The fraction of sp³-hybridized carbons (Fsp3) is 0.120. The third-order valence-electron chi connectivity index (χ3n) is 4.93. The van der Waals surface area contributed by atoms with E-state index in [2.05, 4.69) is 10.4 Å². The van der Waals surface area contributed by atoms with Crippen LogP contribution < -0.4 is 14.8 Å². The Morgan fingerprint density at radius 3 is 2.67 bits per heavy atom. The van der Waals surface area contributed by atoms with Crippen LogP contribution >= 0.6 is 11.6 Å². The van der Waals surface area contributed by atoms with Gasteiger partial charge in [-0.1, -0.05) is 41.9 Å². The van der Waals surface area contributed by atoms with E-state index >= 15 is 0 Å². The second-order valence-corrected chi connectivity index (χ2v) is 7.63. The van der Waals surface area contributed by atoms with Crippen molar-refractivity contribution in [2.24, 2.45) is 0 Å². The quantitative estimate of drug-likeness (QED) is 0.370. The fourth-order valence-corrected chi connectivity index (χ4v) is 3.49. The molecular formula is C25H21ClFN3O3. The Morgan fingerprint density at radius 1 is 1.09 bits per heavy atom. The maximum atomic E-state index is 14.0. The maximum absolute atomic E-state index is 14.0. The van der Waals surface area contributed by atoms with Crippen LogP contribution in [0.15, 0.2) is 79.1 Å². The molecule has 0 atom stereocenters. The lowest BCUT2D eigenvalue weighted by Crippen LogP contribution is -2.12. The van der Waals surface area contributed by atoms with E-state index in [4.69, 9.17) is 21.1 Å². The largest absolute Gasteiger partial charge is 0.493 e. The maximum Gasteiger partial charge on any atom is 0.255 e. The van der Waals surface area contributed by atoms with Crippen LogP contribution in [0.2, 0.25) is 5.02 Å². The van der Waals surface area contributed by atoms with Crippen molar-refractivity contribution >= 4 is 23.2 Å². The number of nitrogens with zero attached hydrogens (tertiary/aromatic N) is 2. The van der Waals surface area contributed by atoms with Crippen molar-refractivity contribution in [1.82, 2.24) is 9.78 Å². The van der Waals surface area contributed by atoms with Gasteiger partial charge in [0.15, 0.2) is 11.5 Å². The lowest BCUT2D eigenvalue weighted by Gasteiger charge is -2.11. The van der Waals surface area contributed by atoms with Crippen molar-refractivity contribution < 1.29 is 18.7 Å². The summed E-state index contributed by atoms with van der Waals surface area (Å²) < 4.78 is 26.6. The average Bonchev–Trinajstić information content (AvgIpc) is 3.27. The summed E-state index contributed by atoms with van der Waals surface area (Å²) in [5, 5.41) is 7.31. The molecule has 0 aliphatic heterocycles. The number of methoxy groups -OCH3 is 1. The van der Waals surface area contributed by atoms with E-state index in [1.165, 1.54) is 16.9 Å². The van der Waals surface area contributed by atoms with Gasteiger partial charge in [-0.25, -0.2) is 4.39 Å². The van der Waals surface area contributed by atoms with E-state index in [0.717, 1.165) is 5.56 Å². The smallest absolute Gasteiger partial charge is 0.255 e. The molecule has 4 aromatic rings. The molecule has 0 saturated heterocycles. The molecule has 33 heavy (non-hydrogen) atoms. The third-order valence-corrected chi connectivity index (χ3v) is 5.28. The minimum absolute atomic E-state index is 0.150. The summed E-state index contributed by atoms with van der Waals surface area (Å²) >= 11 is 6.08. The minimum atomic E-state index is -0.407. The zero-order valence-electron chi connectivity index (χ0n) is 17.8. The summed E-state index contributed by atoms with van der Waals surface area (Å²) in [5.74, 6) is 0.561. The van der Waals surface area contributed by atoms with Crippen molar-refractivity contribution in [3.05, 3.63) is 107 Å². The number of carbonyl (C=O) groups is 1. The SMILES string of the molecule is COc1ccccc1OCc1cccc(C(=O)Nc2cnn(Cc3c(F)cccc3Cl)c2)c1. The van der Waals surface area contributed by atoms with E-state index < -0.39 is 5.82 Å². The topological polar surface area (TPSA) is 65.4 Å². The van der Waals surface area contributed by atoms with Crippen LogP contribution in [0, 0.1) is 5.82 Å². The summed E-state index contributed by atoms with van der Waals surface area (Å²) in [5.41, 5.74) is 2.13. The van der Waals surface area contributed by atoms with Gasteiger partial charge in [0.05, 0.1) is 25.5 Å². The number of hydrogen-bond donors (Lipinski definition) is 1. The molecule has 0 unspecified atom stereocenters. The molecule has 0 bridgehead atoms. The zero-order chi connectivity index (χ0) is 23.2. The van der Waals surface area contributed by atoms with Crippen LogP contribution in [0.1, 0.15) is 21.5 Å². The van der Waals surface area contributed by atoms with Crippen molar-refractivity contribution in [3.63, 3.8) is 0 Å². The van der Waals surface area contributed by atoms with Gasteiger partial charge in [-0.05, 0) is 42.0 Å². The van der Waals surface area contributed by atoms with Crippen molar-refractivity contribution in [2.45, 2.75) is 13.2 Å². The number of anilines is 1. The Labute approximate surface area is 195 Å². The lowest BCUT2D eigenvalue weighted by atomic mass is 10.1. The molecule has 1 aromatic heterocycles. The highest BCUT2D eigenvalue weighted by Gasteiger charge is 2.12. The number of nitrogens with one attached hydrogen (secondary N) is 1. The van der Waals surface area contributed by atoms with Gasteiger partial charge in [-0.3, -0.25) is 9.48 Å². The standard InChI is InChI=1S/C25H21ClFN3O3/c1-32-23-10-2-3-11-24(23)33-16-17-6-4-7-18(12-17)25(31)29-19-13-28-30(14-19)15-20-21(26)8-5-9-22(20)27/h2-14H,15-16H2,1H3,(H,29,31). The number of aromatic nitrogens is 2. The number of benzene rings is 3. The first-order valence-electron chi connectivity index (χ1n) is 10.1.